The van der Waals surface area contributed by atoms with Crippen LogP contribution in [0.3, 0.4) is 0 Å². The van der Waals surface area contributed by atoms with Gasteiger partial charge in [0.1, 0.15) is 0 Å². The number of benzene rings is 1. The summed E-state index contributed by atoms with van der Waals surface area (Å²) in [5.41, 5.74) is 2.24. The second kappa shape index (κ2) is 6.73. The Hall–Kier alpha value is -1.17. The Labute approximate surface area is 133 Å². The van der Waals surface area contributed by atoms with Gasteiger partial charge in [0.2, 0.25) is 0 Å². The van der Waals surface area contributed by atoms with Gasteiger partial charge in [-0.05, 0) is 30.2 Å². The van der Waals surface area contributed by atoms with Crippen LogP contribution in [0.4, 0.5) is 0 Å². The van der Waals surface area contributed by atoms with Crippen LogP contribution in [0.2, 0.25) is 0 Å². The largest absolute Gasteiger partial charge is 0.395 e. The Morgan fingerprint density at radius 3 is 2.48 bits per heavy atom. The van der Waals surface area contributed by atoms with Crippen molar-refractivity contribution in [3.63, 3.8) is 0 Å². The maximum absolute atomic E-state index is 9.93. The minimum Gasteiger partial charge on any atom is -0.395 e. The van der Waals surface area contributed by atoms with E-state index in [9.17, 15) is 10.2 Å². The van der Waals surface area contributed by atoms with E-state index in [0.29, 0.717) is 6.42 Å². The molecule has 0 atom stereocenters. The summed E-state index contributed by atoms with van der Waals surface area (Å²) in [7, 11) is 1.90. The predicted molar refractivity (Wildman–Crippen MR) is 86.3 cm³/mol. The van der Waals surface area contributed by atoms with Crippen LogP contribution in [0.25, 0.3) is 0 Å². The van der Waals surface area contributed by atoms with Gasteiger partial charge in [-0.3, -0.25) is 4.68 Å². The number of hydrogen-bond donors (Lipinski definition) is 2. The number of halogens is 1. The summed E-state index contributed by atoms with van der Waals surface area (Å²) in [5.74, 6) is 0. The zero-order valence-corrected chi connectivity index (χ0v) is 14.0. The van der Waals surface area contributed by atoms with Gasteiger partial charge in [0.15, 0.2) is 0 Å². The molecule has 2 aromatic rings. The van der Waals surface area contributed by atoms with Crippen molar-refractivity contribution in [1.82, 2.24) is 9.78 Å². The van der Waals surface area contributed by atoms with E-state index in [1.54, 1.807) is 0 Å². The van der Waals surface area contributed by atoms with Gasteiger partial charge in [-0.1, -0.05) is 35.0 Å². The number of nitrogens with zero attached hydrogens (tertiary/aromatic N) is 2. The fourth-order valence-electron chi connectivity index (χ4n) is 2.52. The first kappa shape index (κ1) is 16.2. The van der Waals surface area contributed by atoms with Crippen LogP contribution in [0.5, 0.6) is 0 Å². The van der Waals surface area contributed by atoms with E-state index in [1.807, 2.05) is 42.1 Å². The molecule has 21 heavy (non-hydrogen) atoms. The molecule has 0 bridgehead atoms. The molecule has 1 aromatic heterocycles. The molecule has 0 aliphatic carbocycles. The van der Waals surface area contributed by atoms with Gasteiger partial charge in [-0.2, -0.15) is 5.10 Å². The molecule has 1 heterocycles. The molecule has 0 saturated carbocycles. The van der Waals surface area contributed by atoms with Gasteiger partial charge >= 0.3 is 0 Å². The van der Waals surface area contributed by atoms with Crippen LogP contribution in [-0.2, 0) is 25.3 Å². The predicted octanol–water partition coefficient (Wildman–Crippen LogP) is 2.21. The van der Waals surface area contributed by atoms with Crippen molar-refractivity contribution in [2.45, 2.75) is 25.2 Å². The summed E-state index contributed by atoms with van der Waals surface area (Å²) in [6.07, 6.45) is 1.41. The van der Waals surface area contributed by atoms with Crippen molar-refractivity contribution in [3.8, 4) is 0 Å². The number of aromatic nitrogens is 2. The van der Waals surface area contributed by atoms with Crippen molar-refractivity contribution in [3.05, 3.63) is 51.8 Å². The maximum atomic E-state index is 9.93. The summed E-state index contributed by atoms with van der Waals surface area (Å²) in [4.78, 5) is 0. The molecular weight excluding hydrogens is 332 g/mol. The molecule has 2 N–H and O–H groups in total. The van der Waals surface area contributed by atoms with Crippen LogP contribution in [0.15, 0.2) is 34.8 Å². The van der Waals surface area contributed by atoms with Crippen LogP contribution in [-0.4, -0.2) is 33.2 Å². The van der Waals surface area contributed by atoms with Crippen LogP contribution >= 0.6 is 15.9 Å². The van der Waals surface area contributed by atoms with E-state index in [0.717, 1.165) is 27.8 Å². The zero-order valence-electron chi connectivity index (χ0n) is 12.4. The molecule has 2 rings (SSSR count). The molecule has 4 nitrogen and oxygen atoms in total. The summed E-state index contributed by atoms with van der Waals surface area (Å²) in [5, 5.41) is 24.3. The third-order valence-electron chi connectivity index (χ3n) is 3.95. The van der Waals surface area contributed by atoms with E-state index in [2.05, 4.69) is 28.0 Å². The molecule has 1 aromatic carbocycles. The molecule has 0 fully saturated rings. The molecular formula is C16H21BrN2O2. The van der Waals surface area contributed by atoms with Gasteiger partial charge in [-0.25, -0.2) is 0 Å². The van der Waals surface area contributed by atoms with Crippen molar-refractivity contribution >= 4 is 15.9 Å². The molecule has 0 radical (unpaired) electrons. The smallest absolute Gasteiger partial charge is 0.0624 e. The summed E-state index contributed by atoms with van der Waals surface area (Å²) in [6, 6.07) is 9.78. The quantitative estimate of drug-likeness (QED) is 0.837. The normalized spacial score (nSPS) is 11.9. The number of hydrogen-bond acceptors (Lipinski definition) is 3. The second-order valence-corrected chi connectivity index (χ2v) is 6.30. The summed E-state index contributed by atoms with van der Waals surface area (Å²) in [6.45, 7) is 1.82. The van der Waals surface area contributed by atoms with Gasteiger partial charge in [0.25, 0.3) is 0 Å². The average molecular weight is 353 g/mol. The Kier molecular flexibility index (Phi) is 5.19. The van der Waals surface area contributed by atoms with E-state index < -0.39 is 5.41 Å². The molecule has 0 aliphatic rings. The Morgan fingerprint density at radius 2 is 1.95 bits per heavy atom. The monoisotopic (exact) mass is 352 g/mol. The average Bonchev–Trinajstić information content (AvgIpc) is 2.85. The second-order valence-electron chi connectivity index (χ2n) is 5.39. The first-order valence-electron chi connectivity index (χ1n) is 7.04. The molecule has 0 spiro atoms. The van der Waals surface area contributed by atoms with E-state index in [1.165, 1.54) is 0 Å². The summed E-state index contributed by atoms with van der Waals surface area (Å²) < 4.78 is 2.77. The SMILES string of the molecule is CCc1cc(CC(CO)(CO)c2cccc(Br)c2)n(C)n1. The number of aryl methyl sites for hydroxylation is 2. The highest BCUT2D eigenvalue weighted by Gasteiger charge is 2.32. The molecule has 0 unspecified atom stereocenters. The maximum Gasteiger partial charge on any atom is 0.0624 e. The lowest BCUT2D eigenvalue weighted by Crippen LogP contribution is -2.38. The highest BCUT2D eigenvalue weighted by atomic mass is 79.9. The van der Waals surface area contributed by atoms with Gasteiger partial charge in [0.05, 0.1) is 18.9 Å². The van der Waals surface area contributed by atoms with Crippen molar-refractivity contribution < 1.29 is 10.2 Å². The third kappa shape index (κ3) is 3.36. The van der Waals surface area contributed by atoms with E-state index in [4.69, 9.17) is 0 Å². The lowest BCUT2D eigenvalue weighted by molar-refractivity contribution is 0.114. The van der Waals surface area contributed by atoms with Crippen LogP contribution in [0.1, 0.15) is 23.9 Å². The fourth-order valence-corrected chi connectivity index (χ4v) is 2.92. The highest BCUT2D eigenvalue weighted by molar-refractivity contribution is 9.10. The van der Waals surface area contributed by atoms with Crippen molar-refractivity contribution in [2.75, 3.05) is 13.2 Å². The van der Waals surface area contributed by atoms with Crippen molar-refractivity contribution in [1.29, 1.82) is 0 Å². The van der Waals surface area contributed by atoms with Crippen LogP contribution < -0.4 is 0 Å². The molecule has 0 saturated heterocycles. The van der Waals surface area contributed by atoms with E-state index in [-0.39, 0.29) is 13.2 Å². The van der Waals surface area contributed by atoms with Crippen LogP contribution in [0, 0.1) is 0 Å². The number of aliphatic hydroxyl groups excluding tert-OH is 2. The topological polar surface area (TPSA) is 58.3 Å². The minimum absolute atomic E-state index is 0.118. The summed E-state index contributed by atoms with van der Waals surface area (Å²) >= 11 is 3.45. The zero-order chi connectivity index (χ0) is 15.5. The first-order chi connectivity index (χ1) is 10.0. The molecule has 5 heteroatoms. The van der Waals surface area contributed by atoms with Gasteiger partial charge in [-0.15, -0.1) is 0 Å². The minimum atomic E-state index is -0.706. The third-order valence-corrected chi connectivity index (χ3v) is 4.44. The Balaban J connectivity index is 2.40. The van der Waals surface area contributed by atoms with E-state index >= 15 is 0 Å². The standard InChI is InChI=1S/C16H21BrN2O2/c1-3-14-8-15(19(2)18-14)9-16(10-20,11-21)12-5-4-6-13(17)7-12/h4-8,20-21H,3,9-11H2,1-2H3. The number of rotatable bonds is 6. The lowest BCUT2D eigenvalue weighted by Gasteiger charge is -2.30. The van der Waals surface area contributed by atoms with Gasteiger partial charge in [0, 0.05) is 29.1 Å². The first-order valence-corrected chi connectivity index (χ1v) is 7.83. The molecule has 0 amide bonds. The highest BCUT2D eigenvalue weighted by Crippen LogP contribution is 2.30. The van der Waals surface area contributed by atoms with Crippen molar-refractivity contribution in [2.24, 2.45) is 7.05 Å². The molecule has 0 aliphatic heterocycles. The lowest BCUT2D eigenvalue weighted by atomic mass is 9.78. The Morgan fingerprint density at radius 1 is 1.24 bits per heavy atom. The number of aliphatic hydroxyl groups is 2. The Bertz CT molecular complexity index is 606. The van der Waals surface area contributed by atoms with Gasteiger partial charge < -0.3 is 10.2 Å². The fraction of sp³-hybridized carbons (Fsp3) is 0.438. The molecule has 114 valence electrons.